The highest BCUT2D eigenvalue weighted by molar-refractivity contribution is 14.0. The summed E-state index contributed by atoms with van der Waals surface area (Å²) >= 11 is 1.44. The summed E-state index contributed by atoms with van der Waals surface area (Å²) in [5, 5.41) is 7.82. The van der Waals surface area contributed by atoms with Crippen LogP contribution in [0.5, 0.6) is 0 Å². The fourth-order valence-electron chi connectivity index (χ4n) is 1.40. The first-order valence-electron chi connectivity index (χ1n) is 6.28. The number of halogens is 1. The molecule has 0 spiro atoms. The van der Waals surface area contributed by atoms with Crippen molar-refractivity contribution in [2.24, 2.45) is 10.7 Å². The molecule has 1 aromatic rings. The predicted octanol–water partition coefficient (Wildman–Crippen LogP) is 2.19. The summed E-state index contributed by atoms with van der Waals surface area (Å²) < 4.78 is 0. The number of carbonyl (C=O) groups excluding carboxylic acids is 1. The Morgan fingerprint density at radius 3 is 2.70 bits per heavy atom. The molecule has 0 aliphatic heterocycles. The van der Waals surface area contributed by atoms with Crippen LogP contribution in [0.25, 0.3) is 0 Å². The average molecular weight is 410 g/mol. The van der Waals surface area contributed by atoms with Crippen LogP contribution in [0.15, 0.2) is 22.5 Å². The summed E-state index contributed by atoms with van der Waals surface area (Å²) in [5.74, 6) is 0.414. The molecule has 4 N–H and O–H groups in total. The van der Waals surface area contributed by atoms with Crippen molar-refractivity contribution in [3.8, 4) is 0 Å². The van der Waals surface area contributed by atoms with E-state index < -0.39 is 0 Å². The first-order valence-corrected chi connectivity index (χ1v) is 7.16. The van der Waals surface area contributed by atoms with Crippen molar-refractivity contribution in [3.63, 3.8) is 0 Å². The molecule has 0 fully saturated rings. The topological polar surface area (TPSA) is 79.5 Å². The lowest BCUT2D eigenvalue weighted by atomic mass is 10.1. The highest BCUT2D eigenvalue weighted by Gasteiger charge is 2.09. The Balaban J connectivity index is 0.00000361. The van der Waals surface area contributed by atoms with E-state index in [1.54, 1.807) is 0 Å². The Morgan fingerprint density at radius 2 is 2.15 bits per heavy atom. The number of aliphatic imine (C=N–C) groups is 1. The Bertz CT molecular complexity index is 426. The minimum absolute atomic E-state index is 0. The van der Waals surface area contributed by atoms with Gasteiger partial charge >= 0.3 is 0 Å². The highest BCUT2D eigenvalue weighted by atomic mass is 127. The second-order valence-corrected chi connectivity index (χ2v) is 6.18. The number of carbonyl (C=O) groups is 1. The molecule has 20 heavy (non-hydrogen) atoms. The van der Waals surface area contributed by atoms with Gasteiger partial charge in [0, 0.05) is 18.6 Å². The number of guanidine groups is 1. The van der Waals surface area contributed by atoms with E-state index in [9.17, 15) is 4.79 Å². The molecule has 0 aliphatic rings. The maximum Gasteiger partial charge on any atom is 0.261 e. The lowest BCUT2D eigenvalue weighted by molar-refractivity contribution is 0.0957. The summed E-state index contributed by atoms with van der Waals surface area (Å²) in [6, 6.07) is 3.67. The Labute approximate surface area is 141 Å². The molecule has 0 aliphatic carbocycles. The molecule has 0 bridgehead atoms. The van der Waals surface area contributed by atoms with Crippen molar-refractivity contribution in [1.82, 2.24) is 10.6 Å². The Morgan fingerprint density at radius 1 is 1.45 bits per heavy atom. The number of thiophene rings is 1. The standard InChI is InChI=1S/C13H22N4OS.HI/c1-13(2,3)17-12(14)16-8-5-7-15-11(18)10-6-4-9-19-10;/h4,6,9H,5,7-8H2,1-3H3,(H,15,18)(H3,14,16,17);1H. The first-order chi connectivity index (χ1) is 8.88. The first kappa shape index (κ1) is 19.2. The normalized spacial score (nSPS) is 11.7. The summed E-state index contributed by atoms with van der Waals surface area (Å²) in [6.45, 7) is 7.27. The van der Waals surface area contributed by atoms with Crippen molar-refractivity contribution in [3.05, 3.63) is 22.4 Å². The lowest BCUT2D eigenvalue weighted by Gasteiger charge is -2.20. The molecule has 1 amide bonds. The van der Waals surface area contributed by atoms with Gasteiger partial charge in [0.2, 0.25) is 0 Å². The quantitative estimate of drug-likeness (QED) is 0.301. The van der Waals surface area contributed by atoms with Crippen molar-refractivity contribution in [2.75, 3.05) is 13.1 Å². The Kier molecular flexibility index (Phi) is 8.79. The number of nitrogens with one attached hydrogen (secondary N) is 2. The van der Waals surface area contributed by atoms with Crippen LogP contribution in [0, 0.1) is 0 Å². The maximum absolute atomic E-state index is 11.6. The second-order valence-electron chi connectivity index (χ2n) is 5.23. The van der Waals surface area contributed by atoms with Gasteiger partial charge in [-0.25, -0.2) is 0 Å². The van der Waals surface area contributed by atoms with Gasteiger partial charge < -0.3 is 16.4 Å². The van der Waals surface area contributed by atoms with E-state index in [2.05, 4.69) is 15.6 Å². The number of hydrogen-bond acceptors (Lipinski definition) is 3. The van der Waals surface area contributed by atoms with E-state index in [-0.39, 0.29) is 35.4 Å². The van der Waals surface area contributed by atoms with Gasteiger partial charge in [-0.3, -0.25) is 9.79 Å². The maximum atomic E-state index is 11.6. The van der Waals surface area contributed by atoms with Crippen molar-refractivity contribution >= 4 is 47.2 Å². The molecule has 0 unspecified atom stereocenters. The van der Waals surface area contributed by atoms with Gasteiger partial charge in [-0.1, -0.05) is 6.07 Å². The van der Waals surface area contributed by atoms with Gasteiger partial charge in [-0.2, -0.15) is 0 Å². The van der Waals surface area contributed by atoms with Gasteiger partial charge in [0.05, 0.1) is 4.88 Å². The van der Waals surface area contributed by atoms with Crippen LogP contribution in [-0.2, 0) is 0 Å². The van der Waals surface area contributed by atoms with Gasteiger partial charge in [-0.05, 0) is 38.6 Å². The molecule has 0 aromatic carbocycles. The third-order valence-corrected chi connectivity index (χ3v) is 3.02. The molecule has 114 valence electrons. The minimum Gasteiger partial charge on any atom is -0.370 e. The zero-order chi connectivity index (χ0) is 14.3. The zero-order valence-corrected chi connectivity index (χ0v) is 15.2. The number of amides is 1. The summed E-state index contributed by atoms with van der Waals surface area (Å²) in [7, 11) is 0. The summed E-state index contributed by atoms with van der Waals surface area (Å²) in [6.07, 6.45) is 0.767. The molecule has 0 saturated carbocycles. The van der Waals surface area contributed by atoms with Crippen molar-refractivity contribution in [1.29, 1.82) is 0 Å². The third kappa shape index (κ3) is 8.36. The number of nitrogens with two attached hydrogens (primary N) is 1. The van der Waals surface area contributed by atoms with E-state index in [1.165, 1.54) is 11.3 Å². The van der Waals surface area contributed by atoms with Crippen molar-refractivity contribution < 1.29 is 4.79 Å². The van der Waals surface area contributed by atoms with E-state index in [0.717, 1.165) is 11.3 Å². The molecule has 0 atom stereocenters. The molecular formula is C13H23IN4OS. The fraction of sp³-hybridized carbons (Fsp3) is 0.538. The van der Waals surface area contributed by atoms with Crippen LogP contribution in [0.3, 0.4) is 0 Å². The summed E-state index contributed by atoms with van der Waals surface area (Å²) in [4.78, 5) is 16.6. The smallest absolute Gasteiger partial charge is 0.261 e. The minimum atomic E-state index is -0.0824. The largest absolute Gasteiger partial charge is 0.370 e. The van der Waals surface area contributed by atoms with Crippen LogP contribution in [-0.4, -0.2) is 30.5 Å². The third-order valence-electron chi connectivity index (χ3n) is 2.15. The fourth-order valence-corrected chi connectivity index (χ4v) is 2.04. The molecule has 0 saturated heterocycles. The van der Waals surface area contributed by atoms with Crippen molar-refractivity contribution in [2.45, 2.75) is 32.7 Å². The van der Waals surface area contributed by atoms with Crippen LogP contribution in [0.1, 0.15) is 36.9 Å². The molecular weight excluding hydrogens is 387 g/mol. The van der Waals surface area contributed by atoms with Gasteiger partial charge in [0.15, 0.2) is 5.96 Å². The zero-order valence-electron chi connectivity index (χ0n) is 12.1. The molecule has 1 aromatic heterocycles. The van der Waals surface area contributed by atoms with Crippen LogP contribution in [0.4, 0.5) is 0 Å². The monoisotopic (exact) mass is 410 g/mol. The predicted molar refractivity (Wildman–Crippen MR) is 96.1 cm³/mol. The number of hydrogen-bond donors (Lipinski definition) is 3. The van der Waals surface area contributed by atoms with E-state index in [1.807, 2.05) is 38.3 Å². The molecule has 1 rings (SSSR count). The Hall–Kier alpha value is -0.830. The number of nitrogens with zero attached hydrogens (tertiary/aromatic N) is 1. The number of rotatable bonds is 5. The van der Waals surface area contributed by atoms with E-state index in [4.69, 9.17) is 5.73 Å². The molecule has 1 heterocycles. The molecule has 7 heteroatoms. The SMILES string of the molecule is CC(C)(C)NC(N)=NCCCNC(=O)c1cccs1.I. The summed E-state index contributed by atoms with van der Waals surface area (Å²) in [5.41, 5.74) is 5.65. The van der Waals surface area contributed by atoms with Gasteiger partial charge in [0.1, 0.15) is 0 Å². The van der Waals surface area contributed by atoms with Gasteiger partial charge in [0.25, 0.3) is 5.91 Å². The van der Waals surface area contributed by atoms with Crippen LogP contribution >= 0.6 is 35.3 Å². The van der Waals surface area contributed by atoms with Crippen LogP contribution < -0.4 is 16.4 Å². The second kappa shape index (κ2) is 9.17. The highest BCUT2D eigenvalue weighted by Crippen LogP contribution is 2.07. The van der Waals surface area contributed by atoms with E-state index >= 15 is 0 Å². The van der Waals surface area contributed by atoms with Crippen LogP contribution in [0.2, 0.25) is 0 Å². The lowest BCUT2D eigenvalue weighted by Crippen LogP contribution is -2.45. The molecule has 0 radical (unpaired) electrons. The van der Waals surface area contributed by atoms with E-state index in [0.29, 0.717) is 19.0 Å². The molecule has 5 nitrogen and oxygen atoms in total. The average Bonchev–Trinajstić information content (AvgIpc) is 2.79. The van der Waals surface area contributed by atoms with Gasteiger partial charge in [-0.15, -0.1) is 35.3 Å².